The number of amides is 1. The average molecular weight is 416 g/mol. The summed E-state index contributed by atoms with van der Waals surface area (Å²) in [7, 11) is 3.44. The molecule has 0 radical (unpaired) electrons. The zero-order chi connectivity index (χ0) is 21.5. The number of nitrogens with zero attached hydrogens (tertiary/aromatic N) is 2. The molecule has 1 aliphatic heterocycles. The zero-order valence-electron chi connectivity index (χ0n) is 18.9. The molecule has 1 aromatic carbocycles. The maximum atomic E-state index is 13.5. The van der Waals surface area contributed by atoms with E-state index in [1.807, 2.05) is 12.1 Å². The minimum atomic E-state index is 0.174. The maximum absolute atomic E-state index is 13.5. The molecule has 1 aliphatic rings. The van der Waals surface area contributed by atoms with Gasteiger partial charge in [0.2, 0.25) is 5.91 Å². The van der Waals surface area contributed by atoms with E-state index >= 15 is 0 Å². The molecule has 1 saturated heterocycles. The van der Waals surface area contributed by atoms with E-state index in [1.165, 1.54) is 0 Å². The summed E-state index contributed by atoms with van der Waals surface area (Å²) >= 11 is 0. The minimum Gasteiger partial charge on any atom is -0.494 e. The zero-order valence-corrected chi connectivity index (χ0v) is 18.9. The van der Waals surface area contributed by atoms with E-state index in [9.17, 15) is 4.79 Å². The van der Waals surface area contributed by atoms with Crippen molar-refractivity contribution >= 4 is 16.8 Å². The van der Waals surface area contributed by atoms with Crippen molar-refractivity contribution in [3.63, 3.8) is 0 Å². The van der Waals surface area contributed by atoms with Crippen LogP contribution in [-0.2, 0) is 22.5 Å². The molecule has 0 bridgehead atoms. The molecule has 1 atom stereocenters. The largest absolute Gasteiger partial charge is 0.494 e. The Kier molecular flexibility index (Phi) is 8.16. The van der Waals surface area contributed by atoms with E-state index in [2.05, 4.69) is 40.8 Å². The molecule has 3 rings (SSSR count). The number of hydrogen-bond donors (Lipinski definition) is 1. The molecule has 0 spiro atoms. The average Bonchev–Trinajstić information content (AvgIpc) is 3.04. The number of ether oxygens (including phenoxy) is 2. The predicted octanol–water partition coefficient (Wildman–Crippen LogP) is 3.61. The third kappa shape index (κ3) is 4.98. The van der Waals surface area contributed by atoms with Gasteiger partial charge in [-0.15, -0.1) is 0 Å². The fraction of sp³-hybridized carbons (Fsp3) is 0.625. The highest BCUT2D eigenvalue weighted by Crippen LogP contribution is 2.34. The van der Waals surface area contributed by atoms with Crippen LogP contribution in [0.25, 0.3) is 10.9 Å². The van der Waals surface area contributed by atoms with Gasteiger partial charge >= 0.3 is 0 Å². The van der Waals surface area contributed by atoms with Gasteiger partial charge in [0.25, 0.3) is 0 Å². The number of aryl methyl sites for hydroxylation is 1. The SMILES string of the molecule is COCCCCn1c(CC(=O)N(C(C)C)[C@@H]2CCCNC2)c(OC)c2ccccc21. The van der Waals surface area contributed by atoms with Gasteiger partial charge in [-0.3, -0.25) is 4.79 Å². The second-order valence-corrected chi connectivity index (χ2v) is 8.42. The van der Waals surface area contributed by atoms with Crippen molar-refractivity contribution in [2.45, 2.75) is 64.6 Å². The van der Waals surface area contributed by atoms with Crippen LogP contribution in [0.5, 0.6) is 5.75 Å². The van der Waals surface area contributed by atoms with Gasteiger partial charge in [-0.05, 0) is 58.2 Å². The molecule has 6 nitrogen and oxygen atoms in total. The first-order chi connectivity index (χ1) is 14.6. The van der Waals surface area contributed by atoms with Crippen molar-refractivity contribution in [2.24, 2.45) is 0 Å². The number of para-hydroxylation sites is 1. The molecule has 6 heteroatoms. The number of carbonyl (C=O) groups is 1. The fourth-order valence-corrected chi connectivity index (χ4v) is 4.72. The van der Waals surface area contributed by atoms with E-state index in [1.54, 1.807) is 14.2 Å². The molecule has 1 aromatic heterocycles. The summed E-state index contributed by atoms with van der Waals surface area (Å²) in [5, 5.41) is 4.52. The van der Waals surface area contributed by atoms with Gasteiger partial charge in [0.15, 0.2) is 0 Å². The Morgan fingerprint density at radius 1 is 1.27 bits per heavy atom. The topological polar surface area (TPSA) is 55.7 Å². The molecule has 2 heterocycles. The van der Waals surface area contributed by atoms with Crippen LogP contribution in [0.4, 0.5) is 0 Å². The highest BCUT2D eigenvalue weighted by Gasteiger charge is 2.29. The lowest BCUT2D eigenvalue weighted by molar-refractivity contribution is -0.135. The highest BCUT2D eigenvalue weighted by atomic mass is 16.5. The van der Waals surface area contributed by atoms with Crippen molar-refractivity contribution in [2.75, 3.05) is 33.9 Å². The quantitative estimate of drug-likeness (QED) is 0.603. The minimum absolute atomic E-state index is 0.174. The van der Waals surface area contributed by atoms with E-state index in [-0.39, 0.29) is 18.0 Å². The smallest absolute Gasteiger partial charge is 0.229 e. The van der Waals surface area contributed by atoms with Crippen molar-refractivity contribution in [1.29, 1.82) is 0 Å². The van der Waals surface area contributed by atoms with Crippen LogP contribution in [0.1, 0.15) is 45.2 Å². The van der Waals surface area contributed by atoms with Crippen molar-refractivity contribution in [3.8, 4) is 5.75 Å². The number of fused-ring (bicyclic) bond motifs is 1. The molecular formula is C24H37N3O3. The van der Waals surface area contributed by atoms with Crippen LogP contribution in [-0.4, -0.2) is 61.4 Å². The maximum Gasteiger partial charge on any atom is 0.229 e. The Labute approximate surface area is 180 Å². The third-order valence-electron chi connectivity index (χ3n) is 6.04. The van der Waals surface area contributed by atoms with Crippen LogP contribution in [0.2, 0.25) is 0 Å². The Morgan fingerprint density at radius 2 is 2.07 bits per heavy atom. The van der Waals surface area contributed by atoms with Crippen molar-refractivity contribution in [3.05, 3.63) is 30.0 Å². The Balaban J connectivity index is 1.91. The molecule has 0 unspecified atom stereocenters. The van der Waals surface area contributed by atoms with Crippen molar-refractivity contribution in [1.82, 2.24) is 14.8 Å². The van der Waals surface area contributed by atoms with Crippen LogP contribution in [0.15, 0.2) is 24.3 Å². The monoisotopic (exact) mass is 415 g/mol. The predicted molar refractivity (Wildman–Crippen MR) is 121 cm³/mol. The van der Waals surface area contributed by atoms with E-state index in [4.69, 9.17) is 9.47 Å². The Bertz CT molecular complexity index is 824. The molecule has 1 fully saturated rings. The number of piperidine rings is 1. The summed E-state index contributed by atoms with van der Waals surface area (Å²) in [5.41, 5.74) is 2.11. The van der Waals surface area contributed by atoms with Gasteiger partial charge in [-0.25, -0.2) is 0 Å². The van der Waals surface area contributed by atoms with E-state index in [0.717, 1.165) is 74.3 Å². The Morgan fingerprint density at radius 3 is 2.73 bits per heavy atom. The lowest BCUT2D eigenvalue weighted by Gasteiger charge is -2.37. The van der Waals surface area contributed by atoms with Crippen LogP contribution in [0.3, 0.4) is 0 Å². The van der Waals surface area contributed by atoms with Gasteiger partial charge in [-0.1, -0.05) is 12.1 Å². The standard InChI is InChI=1S/C24H37N3O3/c1-18(2)27(19-10-9-13-25-17-19)23(28)16-22-24(30-4)20-11-5-6-12-21(20)26(22)14-7-8-15-29-3/h5-6,11-12,18-19,25H,7-10,13-17H2,1-4H3/t19-/m1/s1. The summed E-state index contributed by atoms with van der Waals surface area (Å²) < 4.78 is 13.3. The van der Waals surface area contributed by atoms with Gasteiger partial charge in [-0.2, -0.15) is 0 Å². The summed E-state index contributed by atoms with van der Waals surface area (Å²) in [6.45, 7) is 7.75. The number of unbranched alkanes of at least 4 members (excludes halogenated alkanes) is 1. The number of carbonyl (C=O) groups excluding carboxylic acids is 1. The van der Waals surface area contributed by atoms with Crippen molar-refractivity contribution < 1.29 is 14.3 Å². The summed E-state index contributed by atoms with van der Waals surface area (Å²) in [6.07, 6.45) is 4.52. The first kappa shape index (κ1) is 22.6. The summed E-state index contributed by atoms with van der Waals surface area (Å²) in [4.78, 5) is 15.6. The second-order valence-electron chi connectivity index (χ2n) is 8.42. The summed E-state index contributed by atoms with van der Waals surface area (Å²) in [5.74, 6) is 1.01. The van der Waals surface area contributed by atoms with Crippen LogP contribution >= 0.6 is 0 Å². The number of aromatic nitrogens is 1. The number of methoxy groups -OCH3 is 2. The number of benzene rings is 1. The highest BCUT2D eigenvalue weighted by molar-refractivity contribution is 5.91. The number of hydrogen-bond acceptors (Lipinski definition) is 4. The molecule has 30 heavy (non-hydrogen) atoms. The normalized spacial score (nSPS) is 16.9. The first-order valence-corrected chi connectivity index (χ1v) is 11.2. The molecule has 0 aliphatic carbocycles. The number of nitrogens with one attached hydrogen (secondary N) is 1. The van der Waals surface area contributed by atoms with Crippen LogP contribution in [0, 0.1) is 0 Å². The number of rotatable bonds is 10. The third-order valence-corrected chi connectivity index (χ3v) is 6.04. The molecular weight excluding hydrogens is 378 g/mol. The molecule has 1 N–H and O–H groups in total. The molecule has 2 aromatic rings. The molecule has 0 saturated carbocycles. The molecule has 1 amide bonds. The lowest BCUT2D eigenvalue weighted by atomic mass is 10.0. The van der Waals surface area contributed by atoms with E-state index < -0.39 is 0 Å². The molecule has 166 valence electrons. The van der Waals surface area contributed by atoms with Gasteiger partial charge < -0.3 is 24.3 Å². The van der Waals surface area contributed by atoms with Gasteiger partial charge in [0, 0.05) is 44.3 Å². The second kappa shape index (κ2) is 10.8. The van der Waals surface area contributed by atoms with Crippen LogP contribution < -0.4 is 10.1 Å². The summed E-state index contributed by atoms with van der Waals surface area (Å²) in [6, 6.07) is 8.71. The van der Waals surface area contributed by atoms with Gasteiger partial charge in [0.1, 0.15) is 5.75 Å². The fourth-order valence-electron chi connectivity index (χ4n) is 4.72. The first-order valence-electron chi connectivity index (χ1n) is 11.2. The van der Waals surface area contributed by atoms with E-state index in [0.29, 0.717) is 6.42 Å². The Hall–Kier alpha value is -2.05. The van der Waals surface area contributed by atoms with Gasteiger partial charge in [0.05, 0.1) is 24.7 Å². The lowest BCUT2D eigenvalue weighted by Crippen LogP contribution is -2.52.